The van der Waals surface area contributed by atoms with E-state index in [0.29, 0.717) is 0 Å². The minimum Gasteiger partial charge on any atom is -0.489 e. The van der Waals surface area contributed by atoms with Gasteiger partial charge in [0.1, 0.15) is 18.3 Å². The van der Waals surface area contributed by atoms with Crippen LogP contribution in [0.5, 0.6) is 5.75 Å². The molecule has 3 heterocycles. The average molecular weight is 469 g/mol. The zero-order valence-corrected chi connectivity index (χ0v) is 16.5. The SMILES string of the molecule is [2H]C([2H])(Oc1cccc2c1C([2H])([2H])N(C1([2H])C(=O)NC(=O)C([2H])([2H])C1([2H])[2H])C2=O)c1ccc(C([2H])([2H])N2C([2H])([2H])C([2H])([2H])OC([2H])([2H])C2([2H])[2H])cc1. The third kappa shape index (κ3) is 4.62. The van der Waals surface area contributed by atoms with Crippen molar-refractivity contribution in [1.29, 1.82) is 0 Å². The standard InChI is InChI=1S/C25H27N3O5/c29-23-9-8-21(24(30)26-23)28-15-20-19(25(28)31)2-1-3-22(20)33-16-18-6-4-17(5-7-18)14-27-10-12-32-13-11-27/h1-7,21H,8-16H2,(H,26,29,30)/i8D2,9D2,10D2,11D2,12D2,13D2,14D2,15D2,16D2,21D. The third-order valence-electron chi connectivity index (χ3n) is 4.47. The van der Waals surface area contributed by atoms with E-state index in [-0.39, 0.29) is 9.80 Å². The van der Waals surface area contributed by atoms with Crippen molar-refractivity contribution >= 4 is 17.7 Å². The van der Waals surface area contributed by atoms with Crippen molar-refractivity contribution in [2.45, 2.75) is 38.3 Å². The molecule has 1 N–H and O–H groups in total. The van der Waals surface area contributed by atoms with Crippen LogP contribution in [0.3, 0.4) is 0 Å². The molecular formula is C25H27N3O5. The Kier molecular flexibility index (Phi) is 2.50. The Hall–Kier alpha value is -3.23. The summed E-state index contributed by atoms with van der Waals surface area (Å²) in [5, 5.41) is 1.46. The van der Waals surface area contributed by atoms with Gasteiger partial charge < -0.3 is 14.4 Å². The minimum atomic E-state index is -3.83. The molecule has 3 amide bonds. The van der Waals surface area contributed by atoms with Crippen LogP contribution in [0.15, 0.2) is 42.5 Å². The highest BCUT2D eigenvalue weighted by atomic mass is 16.5. The second-order valence-corrected chi connectivity index (χ2v) is 6.57. The van der Waals surface area contributed by atoms with Gasteiger partial charge in [0.05, 0.1) is 32.0 Å². The maximum Gasteiger partial charge on any atom is 0.255 e. The van der Waals surface area contributed by atoms with Crippen LogP contribution in [0.2, 0.25) is 0 Å². The van der Waals surface area contributed by atoms with E-state index in [2.05, 4.69) is 4.74 Å². The van der Waals surface area contributed by atoms with E-state index >= 15 is 0 Å². The summed E-state index contributed by atoms with van der Waals surface area (Å²) in [6.45, 7) is -24.1. The fourth-order valence-corrected chi connectivity index (χ4v) is 2.98. The van der Waals surface area contributed by atoms with Gasteiger partial charge in [-0.3, -0.25) is 24.6 Å². The lowest BCUT2D eigenvalue weighted by atomic mass is 10.0. The van der Waals surface area contributed by atoms with E-state index in [0.717, 1.165) is 42.5 Å². The molecule has 33 heavy (non-hydrogen) atoms. The van der Waals surface area contributed by atoms with E-state index in [9.17, 15) is 14.4 Å². The first-order valence-corrected chi connectivity index (χ1v) is 9.34. The number of nitrogens with one attached hydrogen (secondary N) is 1. The minimum absolute atomic E-state index is 0.211. The molecule has 3 aliphatic rings. The van der Waals surface area contributed by atoms with Gasteiger partial charge in [-0.25, -0.2) is 0 Å². The highest BCUT2D eigenvalue weighted by Gasteiger charge is 2.40. The van der Waals surface area contributed by atoms with E-state index in [1.807, 2.05) is 0 Å². The van der Waals surface area contributed by atoms with Crippen molar-refractivity contribution < 1.29 is 49.9 Å². The molecule has 0 spiro atoms. The largest absolute Gasteiger partial charge is 0.489 e. The highest BCUT2D eigenvalue weighted by Crippen LogP contribution is 2.34. The summed E-state index contributed by atoms with van der Waals surface area (Å²) in [4.78, 5) is 38.1. The first-order valence-electron chi connectivity index (χ1n) is 18.8. The number of fused-ring (bicyclic) bond motifs is 1. The molecule has 0 radical (unpaired) electrons. The molecule has 1 atom stereocenters. The van der Waals surface area contributed by atoms with E-state index in [1.165, 1.54) is 5.32 Å². The second-order valence-electron chi connectivity index (χ2n) is 6.57. The van der Waals surface area contributed by atoms with Crippen LogP contribution < -0.4 is 10.1 Å². The van der Waals surface area contributed by atoms with Gasteiger partial charge in [0.25, 0.3) is 5.91 Å². The fourth-order valence-electron chi connectivity index (χ4n) is 2.98. The number of hydrogen-bond acceptors (Lipinski definition) is 6. The lowest BCUT2D eigenvalue weighted by Gasteiger charge is -2.29. The van der Waals surface area contributed by atoms with Crippen molar-refractivity contribution in [2.24, 2.45) is 0 Å². The number of hydrogen-bond donors (Lipinski definition) is 1. The van der Waals surface area contributed by atoms with Gasteiger partial charge in [-0.15, -0.1) is 0 Å². The number of piperidine rings is 1. The third-order valence-corrected chi connectivity index (χ3v) is 4.47. The van der Waals surface area contributed by atoms with Gasteiger partial charge in [-0.2, -0.15) is 0 Å². The molecule has 3 aliphatic heterocycles. The number of benzene rings is 2. The molecule has 0 bridgehead atoms. The second kappa shape index (κ2) is 9.33. The first-order chi connectivity index (χ1) is 23.2. The maximum atomic E-state index is 13.6. The lowest BCUT2D eigenvalue weighted by molar-refractivity contribution is -0.136. The van der Waals surface area contributed by atoms with Crippen LogP contribution in [0.1, 0.15) is 65.8 Å². The van der Waals surface area contributed by atoms with Gasteiger partial charge in [0.2, 0.25) is 11.8 Å². The molecule has 2 fully saturated rings. The molecule has 8 heteroatoms. The van der Waals surface area contributed by atoms with E-state index in [1.54, 1.807) is 0 Å². The molecule has 2 aromatic rings. The topological polar surface area (TPSA) is 88.2 Å². The van der Waals surface area contributed by atoms with Crippen LogP contribution in [0.25, 0.3) is 0 Å². The molecule has 0 saturated carbocycles. The Labute approximate surface area is 219 Å². The monoisotopic (exact) mass is 468 g/mol. The molecule has 2 aromatic carbocycles. The molecule has 0 aromatic heterocycles. The van der Waals surface area contributed by atoms with Crippen molar-refractivity contribution in [3.8, 4) is 5.75 Å². The Morgan fingerprint density at radius 3 is 2.67 bits per heavy atom. The molecule has 172 valence electrons. The van der Waals surface area contributed by atoms with Crippen LogP contribution in [0.4, 0.5) is 0 Å². The fraction of sp³-hybridized carbons (Fsp3) is 0.400. The number of carbonyl (C=O) groups excluding carboxylic acids is 3. The molecule has 8 nitrogen and oxygen atoms in total. The quantitative estimate of drug-likeness (QED) is 0.651. The molecule has 5 rings (SSSR count). The normalized spacial score (nSPS) is 43.5. The number of imide groups is 1. The smallest absolute Gasteiger partial charge is 0.255 e. The zero-order chi connectivity index (χ0) is 39.8. The van der Waals surface area contributed by atoms with E-state index in [4.69, 9.17) is 30.8 Å². The van der Waals surface area contributed by atoms with Gasteiger partial charge in [-0.05, 0) is 29.6 Å². The molecule has 1 unspecified atom stereocenters. The number of rotatable bonds is 6. The van der Waals surface area contributed by atoms with Gasteiger partial charge >= 0.3 is 0 Å². The van der Waals surface area contributed by atoms with Crippen LogP contribution >= 0.6 is 0 Å². The van der Waals surface area contributed by atoms with E-state index < -0.39 is 110 Å². The van der Waals surface area contributed by atoms with Gasteiger partial charge in [0, 0.05) is 50.7 Å². The predicted octanol–water partition coefficient (Wildman–Crippen LogP) is 1.86. The number of nitrogens with zero attached hydrogens (tertiary/aromatic N) is 2. The van der Waals surface area contributed by atoms with Crippen molar-refractivity contribution in [2.75, 3.05) is 26.1 Å². The lowest BCUT2D eigenvalue weighted by Crippen LogP contribution is -2.52. The molecule has 2 saturated heterocycles. The Morgan fingerprint density at radius 2 is 1.88 bits per heavy atom. The summed E-state index contributed by atoms with van der Waals surface area (Å²) in [7, 11) is 0. The summed E-state index contributed by atoms with van der Waals surface area (Å²) < 4.78 is 167. The van der Waals surface area contributed by atoms with Crippen LogP contribution in [0, 0.1) is 0 Å². The number of carbonyl (C=O) groups is 3. The summed E-state index contributed by atoms with van der Waals surface area (Å²) in [5.41, 5.74) is -2.49. The first kappa shape index (κ1) is 8.85. The highest BCUT2D eigenvalue weighted by molar-refractivity contribution is 6.05. The Morgan fingerprint density at radius 1 is 1.12 bits per heavy atom. The number of amides is 3. The molecular weight excluding hydrogens is 422 g/mol. The summed E-state index contributed by atoms with van der Waals surface area (Å²) in [5.74, 6) is -5.85. The van der Waals surface area contributed by atoms with Crippen molar-refractivity contribution in [3.63, 3.8) is 0 Å². The van der Waals surface area contributed by atoms with Gasteiger partial charge in [-0.1, -0.05) is 30.3 Å². The van der Waals surface area contributed by atoms with Crippen LogP contribution in [-0.2, 0) is 33.9 Å². The number of morpholine rings is 1. The summed E-state index contributed by atoms with van der Waals surface area (Å²) in [6.07, 6.45) is -7.45. The summed E-state index contributed by atoms with van der Waals surface area (Å²) >= 11 is 0. The predicted molar refractivity (Wildman–Crippen MR) is 119 cm³/mol. The molecule has 0 aliphatic carbocycles. The van der Waals surface area contributed by atoms with Crippen molar-refractivity contribution in [3.05, 3.63) is 64.7 Å². The maximum absolute atomic E-state index is 13.6. The van der Waals surface area contributed by atoms with Crippen molar-refractivity contribution in [1.82, 2.24) is 15.1 Å². The average Bonchev–Trinajstić information content (AvgIpc) is 3.19. The number of ether oxygens (including phenoxy) is 2. The van der Waals surface area contributed by atoms with Gasteiger partial charge in [0.15, 0.2) is 0 Å². The zero-order valence-electron chi connectivity index (χ0n) is 35.5. The Balaban J connectivity index is 1.51. The Bertz CT molecular complexity index is 1840. The summed E-state index contributed by atoms with van der Waals surface area (Å²) in [6, 6.07) is 2.78. The van der Waals surface area contributed by atoms with Crippen LogP contribution in [-0.4, -0.2) is 59.7 Å².